The number of hydrogen-bond acceptors (Lipinski definition) is 5. The van der Waals surface area contributed by atoms with Gasteiger partial charge in [-0.15, -0.1) is 10.2 Å². The molecule has 1 aromatic heterocycles. The van der Waals surface area contributed by atoms with Gasteiger partial charge in [-0.25, -0.2) is 0 Å². The van der Waals surface area contributed by atoms with Crippen molar-refractivity contribution in [3.63, 3.8) is 0 Å². The number of ether oxygens (including phenoxy) is 2. The summed E-state index contributed by atoms with van der Waals surface area (Å²) in [6.45, 7) is 4.89. The quantitative estimate of drug-likeness (QED) is 0.493. The van der Waals surface area contributed by atoms with Gasteiger partial charge in [0.2, 0.25) is 0 Å². The summed E-state index contributed by atoms with van der Waals surface area (Å²) in [5, 5.41) is 10.1. The molecule has 0 aliphatic rings. The van der Waals surface area contributed by atoms with Gasteiger partial charge in [-0.05, 0) is 43.2 Å². The van der Waals surface area contributed by atoms with Gasteiger partial charge >= 0.3 is 0 Å². The topological polar surface area (TPSA) is 49.2 Å². The first kappa shape index (κ1) is 19.6. The lowest BCUT2D eigenvalue weighted by atomic mass is 10.2. The summed E-state index contributed by atoms with van der Waals surface area (Å²) in [7, 11) is 1.94. The molecule has 0 spiro atoms. The van der Waals surface area contributed by atoms with Crippen LogP contribution in [0, 0.1) is 6.92 Å². The van der Waals surface area contributed by atoms with Gasteiger partial charge in [-0.2, -0.15) is 0 Å². The second kappa shape index (κ2) is 9.15. The summed E-state index contributed by atoms with van der Waals surface area (Å²) in [6, 6.07) is 13.7. The molecule has 0 saturated heterocycles. The molecule has 3 rings (SSSR count). The van der Waals surface area contributed by atoms with Gasteiger partial charge in [0, 0.05) is 17.8 Å². The number of aryl methyl sites for hydroxylation is 1. The third-order valence-corrected chi connectivity index (χ3v) is 5.43. The number of benzene rings is 2. The molecular weight excluding hydrogens is 382 g/mol. The third-order valence-electron chi connectivity index (χ3n) is 4.00. The number of hydrogen-bond donors (Lipinski definition) is 0. The molecular formula is C20H22ClN3O2S. The van der Waals surface area contributed by atoms with Crippen molar-refractivity contribution in [2.75, 3.05) is 6.61 Å². The highest BCUT2D eigenvalue weighted by Gasteiger charge is 2.12. The lowest BCUT2D eigenvalue weighted by molar-refractivity contribution is 0.260. The van der Waals surface area contributed by atoms with Gasteiger partial charge in [0.25, 0.3) is 0 Å². The van der Waals surface area contributed by atoms with E-state index < -0.39 is 0 Å². The van der Waals surface area contributed by atoms with E-state index in [9.17, 15) is 0 Å². The van der Waals surface area contributed by atoms with E-state index in [1.165, 1.54) is 0 Å². The van der Waals surface area contributed by atoms with Crippen LogP contribution in [-0.4, -0.2) is 21.4 Å². The van der Waals surface area contributed by atoms with Crippen molar-refractivity contribution in [3.8, 4) is 11.5 Å². The van der Waals surface area contributed by atoms with E-state index in [-0.39, 0.29) is 0 Å². The van der Waals surface area contributed by atoms with Crippen molar-refractivity contribution in [2.24, 2.45) is 7.05 Å². The Hall–Kier alpha value is -2.18. The Bertz CT molecular complexity index is 914. The fraction of sp³-hybridized carbons (Fsp3) is 0.300. The Labute approximate surface area is 168 Å². The highest BCUT2D eigenvalue weighted by atomic mass is 35.5. The molecule has 0 aliphatic carbocycles. The molecule has 142 valence electrons. The molecule has 0 aliphatic heterocycles. The molecule has 0 amide bonds. The molecule has 2 aromatic carbocycles. The SMILES string of the molecule is CCOc1cc(C)ccc1OCc1nnc(SCc2ccccc2Cl)n1C. The summed E-state index contributed by atoms with van der Waals surface area (Å²) >= 11 is 7.81. The minimum Gasteiger partial charge on any atom is -0.490 e. The van der Waals surface area contributed by atoms with Crippen molar-refractivity contribution in [2.45, 2.75) is 31.4 Å². The monoisotopic (exact) mass is 403 g/mol. The zero-order valence-electron chi connectivity index (χ0n) is 15.6. The maximum atomic E-state index is 6.22. The predicted octanol–water partition coefficient (Wildman–Crippen LogP) is 5.05. The molecule has 7 heteroatoms. The van der Waals surface area contributed by atoms with E-state index >= 15 is 0 Å². The first-order chi connectivity index (χ1) is 13.1. The van der Waals surface area contributed by atoms with Crippen LogP contribution in [0.5, 0.6) is 11.5 Å². The molecule has 0 unspecified atom stereocenters. The molecule has 27 heavy (non-hydrogen) atoms. The van der Waals surface area contributed by atoms with Gasteiger partial charge in [0.05, 0.1) is 6.61 Å². The van der Waals surface area contributed by atoms with Crippen LogP contribution in [0.4, 0.5) is 0 Å². The zero-order chi connectivity index (χ0) is 19.2. The standard InChI is InChI=1S/C20H22ClN3O2S/c1-4-25-18-11-14(2)9-10-17(18)26-12-19-22-23-20(24(19)3)27-13-15-7-5-6-8-16(15)21/h5-11H,4,12-13H2,1-3H3. The first-order valence-electron chi connectivity index (χ1n) is 8.69. The number of aromatic nitrogens is 3. The van der Waals surface area contributed by atoms with Gasteiger partial charge < -0.3 is 14.0 Å². The van der Waals surface area contributed by atoms with Gasteiger partial charge in [-0.3, -0.25) is 0 Å². The van der Waals surface area contributed by atoms with Crippen molar-refractivity contribution < 1.29 is 9.47 Å². The third kappa shape index (κ3) is 4.96. The fourth-order valence-corrected chi connectivity index (χ4v) is 3.72. The minimum absolute atomic E-state index is 0.319. The molecule has 3 aromatic rings. The molecule has 0 bridgehead atoms. The van der Waals surface area contributed by atoms with Crippen LogP contribution >= 0.6 is 23.4 Å². The minimum atomic E-state index is 0.319. The van der Waals surface area contributed by atoms with Crippen LogP contribution in [-0.2, 0) is 19.4 Å². The number of nitrogens with zero attached hydrogens (tertiary/aromatic N) is 3. The maximum Gasteiger partial charge on any atom is 0.191 e. The van der Waals surface area contributed by atoms with E-state index in [0.29, 0.717) is 19.0 Å². The summed E-state index contributed by atoms with van der Waals surface area (Å²) in [6.07, 6.45) is 0. The van der Waals surface area contributed by atoms with Crippen molar-refractivity contribution in [3.05, 3.63) is 64.4 Å². The second-order valence-corrected chi connectivity index (χ2v) is 7.36. The average Bonchev–Trinajstić information content (AvgIpc) is 3.01. The van der Waals surface area contributed by atoms with Gasteiger partial charge in [0.1, 0.15) is 6.61 Å². The van der Waals surface area contributed by atoms with Crippen LogP contribution in [0.25, 0.3) is 0 Å². The van der Waals surface area contributed by atoms with E-state index in [1.54, 1.807) is 11.8 Å². The van der Waals surface area contributed by atoms with E-state index in [0.717, 1.165) is 38.6 Å². The molecule has 0 fully saturated rings. The Kier molecular flexibility index (Phi) is 6.63. The summed E-state index contributed by atoms with van der Waals surface area (Å²) < 4.78 is 13.5. The van der Waals surface area contributed by atoms with E-state index in [1.807, 2.05) is 67.9 Å². The number of halogens is 1. The normalized spacial score (nSPS) is 10.8. The van der Waals surface area contributed by atoms with Crippen LogP contribution in [0.1, 0.15) is 23.9 Å². The van der Waals surface area contributed by atoms with E-state index in [2.05, 4.69) is 10.2 Å². The van der Waals surface area contributed by atoms with Crippen LogP contribution < -0.4 is 9.47 Å². The second-order valence-electron chi connectivity index (χ2n) is 6.01. The fourth-order valence-electron chi connectivity index (χ4n) is 2.50. The van der Waals surface area contributed by atoms with Crippen LogP contribution in [0.3, 0.4) is 0 Å². The molecule has 5 nitrogen and oxygen atoms in total. The highest BCUT2D eigenvalue weighted by Crippen LogP contribution is 2.29. The van der Waals surface area contributed by atoms with Gasteiger partial charge in [-0.1, -0.05) is 47.6 Å². The predicted molar refractivity (Wildman–Crippen MR) is 109 cm³/mol. The molecule has 0 radical (unpaired) electrons. The summed E-state index contributed by atoms with van der Waals surface area (Å²) in [5.41, 5.74) is 2.20. The summed E-state index contributed by atoms with van der Waals surface area (Å²) in [5.74, 6) is 2.93. The lowest BCUT2D eigenvalue weighted by Gasteiger charge is -2.12. The lowest BCUT2D eigenvalue weighted by Crippen LogP contribution is -2.05. The molecule has 0 N–H and O–H groups in total. The Morgan fingerprint density at radius 2 is 1.89 bits per heavy atom. The number of thioether (sulfide) groups is 1. The molecule has 0 atom stereocenters. The smallest absolute Gasteiger partial charge is 0.191 e. The Balaban J connectivity index is 1.65. The summed E-state index contributed by atoms with van der Waals surface area (Å²) in [4.78, 5) is 0. The van der Waals surface area contributed by atoms with Crippen molar-refractivity contribution in [1.82, 2.24) is 14.8 Å². The highest BCUT2D eigenvalue weighted by molar-refractivity contribution is 7.98. The first-order valence-corrected chi connectivity index (χ1v) is 10.1. The Morgan fingerprint density at radius 1 is 1.07 bits per heavy atom. The maximum absolute atomic E-state index is 6.22. The Morgan fingerprint density at radius 3 is 2.67 bits per heavy atom. The van der Waals surface area contributed by atoms with Gasteiger partial charge in [0.15, 0.2) is 22.5 Å². The van der Waals surface area contributed by atoms with Crippen molar-refractivity contribution >= 4 is 23.4 Å². The average molecular weight is 404 g/mol. The molecule has 0 saturated carbocycles. The zero-order valence-corrected chi connectivity index (χ0v) is 17.2. The van der Waals surface area contributed by atoms with Crippen LogP contribution in [0.2, 0.25) is 5.02 Å². The largest absolute Gasteiger partial charge is 0.490 e. The van der Waals surface area contributed by atoms with Crippen LogP contribution in [0.15, 0.2) is 47.6 Å². The van der Waals surface area contributed by atoms with Crippen molar-refractivity contribution in [1.29, 1.82) is 0 Å². The molecule has 1 heterocycles. The van der Waals surface area contributed by atoms with E-state index in [4.69, 9.17) is 21.1 Å². The number of rotatable bonds is 8.